The number of hydrogen-bond acceptors (Lipinski definition) is 14. The van der Waals surface area contributed by atoms with E-state index in [1.54, 1.807) is 14.2 Å². The van der Waals surface area contributed by atoms with Crippen LogP contribution in [0.3, 0.4) is 0 Å². The number of ether oxygens (including phenoxy) is 2. The van der Waals surface area contributed by atoms with Gasteiger partial charge in [0.25, 0.3) is 0 Å². The number of fused-ring (bicyclic) bond motifs is 40. The van der Waals surface area contributed by atoms with E-state index in [-0.39, 0.29) is 34.1 Å². The van der Waals surface area contributed by atoms with E-state index >= 15 is 0 Å². The normalized spacial score (nSPS) is 10.9. The Morgan fingerprint density at radius 3 is 0.461 bits per heavy atom. The Bertz CT molecular complexity index is 5110. The molecule has 0 amide bonds. The molecule has 18 nitrogen and oxygen atoms in total. The molecule has 6 aromatic heterocycles. The van der Waals surface area contributed by atoms with Gasteiger partial charge in [0.15, 0.2) is 0 Å². The quantitative estimate of drug-likeness (QED) is 0.146. The number of aromatic nitrogens is 16. The second kappa shape index (κ2) is 30.4. The molecule has 16 bridgehead atoms. The molecule has 0 spiro atoms. The van der Waals surface area contributed by atoms with Gasteiger partial charge < -0.3 is 69.3 Å². The minimum Gasteiger partial charge on any atom is -0.497 e. The molecule has 2 radical (unpaired) electrons. The predicted molar refractivity (Wildman–Crippen MR) is 397 cm³/mol. The van der Waals surface area contributed by atoms with Crippen molar-refractivity contribution in [2.75, 3.05) is 14.2 Å². The third kappa shape index (κ3) is 13.1. The summed E-state index contributed by atoms with van der Waals surface area (Å²) in [5.74, 6) is 6.24. The Kier molecular flexibility index (Phi) is 20.3. The van der Waals surface area contributed by atoms with Gasteiger partial charge >= 0.3 is 34.1 Å². The summed E-state index contributed by atoms with van der Waals surface area (Å²) in [6.07, 6.45) is 0. The van der Waals surface area contributed by atoms with Crippen molar-refractivity contribution in [3.8, 4) is 103 Å². The molecule has 0 unspecified atom stereocenters. The van der Waals surface area contributed by atoms with Crippen LogP contribution in [0.1, 0.15) is 27.7 Å². The first-order valence-corrected chi connectivity index (χ1v) is 32.8. The maximum absolute atomic E-state index is 4.95. The second-order valence-corrected chi connectivity index (χ2v) is 22.4. The van der Waals surface area contributed by atoms with Gasteiger partial charge in [-0.05, 0) is 67.4 Å². The van der Waals surface area contributed by atoms with Crippen LogP contribution in [0.5, 0.6) is 11.5 Å². The van der Waals surface area contributed by atoms with E-state index in [4.69, 9.17) is 89.2 Å². The molecule has 0 fully saturated rings. The van der Waals surface area contributed by atoms with Gasteiger partial charge in [-0.1, -0.05) is 258 Å². The second-order valence-electron chi connectivity index (χ2n) is 22.4. The molecule has 502 valence electrons. The zero-order chi connectivity index (χ0) is 68.1. The fraction of sp³-hybridized carbons (Fsp3) is 0.0732. The SMILES string of the molecule is CC.CC.COc1ccccc1.COc1ccccc1.[Cu+2].[Cu+2].c1ccc2c(c1)-c1nc-2nc2[n-]c(nc3nc(nc4[n-]c(n1)c1ccccc41)-c1ccccc1-3)c1ccccc21.c1ccc2c(c1)-c1nc-2nc2[n-]c(nc3nc(nc4[n-]c(n1)c1ccccc41)-c1ccccc1-3)c1ccccc21. The van der Waals surface area contributed by atoms with Crippen molar-refractivity contribution in [2.45, 2.75) is 27.7 Å². The van der Waals surface area contributed by atoms with Gasteiger partial charge in [0.2, 0.25) is 0 Å². The van der Waals surface area contributed by atoms with Gasteiger partial charge in [-0.2, -0.15) is 0 Å². The molecule has 4 aliphatic heterocycles. The van der Waals surface area contributed by atoms with Crippen LogP contribution in [0.4, 0.5) is 0 Å². The van der Waals surface area contributed by atoms with E-state index in [1.165, 1.54) is 0 Å². The summed E-state index contributed by atoms with van der Waals surface area (Å²) < 4.78 is 9.83. The molecule has 0 N–H and O–H groups in total. The molecule has 0 saturated heterocycles. The first kappa shape index (κ1) is 68.1. The number of nitrogens with zero attached hydrogens (tertiary/aromatic N) is 16. The van der Waals surface area contributed by atoms with Gasteiger partial charge in [-0.25, -0.2) is 19.9 Å². The maximum atomic E-state index is 4.95. The van der Waals surface area contributed by atoms with Crippen molar-refractivity contribution in [1.29, 1.82) is 0 Å². The van der Waals surface area contributed by atoms with Crippen molar-refractivity contribution in [3.05, 3.63) is 255 Å². The topological polar surface area (TPSA) is 230 Å². The largest absolute Gasteiger partial charge is 2.00 e. The fourth-order valence-electron chi connectivity index (χ4n) is 12.0. The molecule has 20 rings (SSSR count). The zero-order valence-electron chi connectivity index (χ0n) is 55.8. The monoisotopic (exact) mass is 1430 g/mol. The van der Waals surface area contributed by atoms with E-state index in [0.717, 1.165) is 99.1 Å². The van der Waals surface area contributed by atoms with Crippen LogP contribution in [-0.2, 0) is 34.1 Å². The summed E-state index contributed by atoms with van der Waals surface area (Å²) in [4.78, 5) is 78.5. The number of hydrogen-bond donors (Lipinski definition) is 0. The van der Waals surface area contributed by atoms with Gasteiger partial charge in [0, 0.05) is 89.7 Å². The van der Waals surface area contributed by atoms with Gasteiger partial charge in [-0.15, -0.1) is 0 Å². The maximum Gasteiger partial charge on any atom is 2.00 e. The van der Waals surface area contributed by atoms with Crippen molar-refractivity contribution in [2.24, 2.45) is 0 Å². The number of methoxy groups -OCH3 is 2. The van der Waals surface area contributed by atoms with Gasteiger partial charge in [-0.3, -0.25) is 0 Å². The van der Waals surface area contributed by atoms with Crippen molar-refractivity contribution in [3.63, 3.8) is 0 Å². The molecular weight excluding hydrogens is 1370 g/mol. The molecule has 102 heavy (non-hydrogen) atoms. The number of benzene rings is 10. The molecule has 4 aliphatic rings. The summed E-state index contributed by atoms with van der Waals surface area (Å²) in [5.41, 5.74) is 11.6. The van der Waals surface area contributed by atoms with Gasteiger partial charge in [0.05, 0.1) is 60.8 Å². The van der Waals surface area contributed by atoms with Crippen LogP contribution < -0.4 is 29.4 Å². The average molecular weight is 1430 g/mol. The third-order valence-corrected chi connectivity index (χ3v) is 16.6. The van der Waals surface area contributed by atoms with E-state index in [2.05, 4.69) is 0 Å². The summed E-state index contributed by atoms with van der Waals surface area (Å²) in [5, 5.41) is 7.15. The molecule has 0 aliphatic carbocycles. The van der Waals surface area contributed by atoms with Gasteiger partial charge in [0.1, 0.15) is 11.5 Å². The smallest absolute Gasteiger partial charge is 0.497 e. The van der Waals surface area contributed by atoms with Crippen LogP contribution in [0.25, 0.3) is 179 Å². The van der Waals surface area contributed by atoms with Crippen LogP contribution in [0.15, 0.2) is 255 Å². The zero-order valence-corrected chi connectivity index (χ0v) is 57.7. The fourth-order valence-corrected chi connectivity index (χ4v) is 12.0. The van der Waals surface area contributed by atoms with E-state index in [1.807, 2.05) is 282 Å². The molecule has 16 aromatic rings. The minimum absolute atomic E-state index is 0. The molecule has 10 heterocycles. The Labute approximate surface area is 607 Å². The molecular formula is C82H60Cu2N16O2. The Balaban J connectivity index is 0.000000142. The summed E-state index contributed by atoms with van der Waals surface area (Å²) in [6.45, 7) is 8.00. The Hall–Kier alpha value is -12.4. The number of para-hydroxylation sites is 2. The van der Waals surface area contributed by atoms with E-state index in [0.29, 0.717) is 91.8 Å². The minimum atomic E-state index is 0. The number of rotatable bonds is 2. The Morgan fingerprint density at radius 2 is 0.324 bits per heavy atom. The molecule has 0 atom stereocenters. The first-order valence-electron chi connectivity index (χ1n) is 32.8. The van der Waals surface area contributed by atoms with Crippen LogP contribution in [-0.4, -0.2) is 74.0 Å². The first-order chi connectivity index (χ1) is 49.5. The summed E-state index contributed by atoms with van der Waals surface area (Å²) >= 11 is 0. The van der Waals surface area contributed by atoms with Crippen molar-refractivity contribution in [1.82, 2.24) is 79.7 Å². The Morgan fingerprint density at radius 1 is 0.186 bits per heavy atom. The summed E-state index contributed by atoms with van der Waals surface area (Å²) in [6, 6.07) is 83.0. The third-order valence-electron chi connectivity index (χ3n) is 16.6. The van der Waals surface area contributed by atoms with Crippen molar-refractivity contribution < 1.29 is 43.6 Å². The summed E-state index contributed by atoms with van der Waals surface area (Å²) in [7, 11) is 3.32. The van der Waals surface area contributed by atoms with Crippen LogP contribution in [0.2, 0.25) is 0 Å². The van der Waals surface area contributed by atoms with Crippen LogP contribution >= 0.6 is 0 Å². The predicted octanol–water partition coefficient (Wildman–Crippen LogP) is 17.7. The van der Waals surface area contributed by atoms with E-state index < -0.39 is 0 Å². The van der Waals surface area contributed by atoms with Crippen LogP contribution in [0, 0.1) is 0 Å². The molecule has 0 saturated carbocycles. The molecule has 10 aromatic carbocycles. The van der Waals surface area contributed by atoms with Crippen molar-refractivity contribution >= 4 is 88.3 Å². The molecule has 20 heteroatoms. The van der Waals surface area contributed by atoms with E-state index in [9.17, 15) is 0 Å². The average Bonchev–Trinajstić information content (AvgIpc) is 1.61. The standard InChI is InChI=1S/2C32H16N8.2C7H8O.2C2H6.2Cu/c2*1-2-10-18-17(9-1)25-33-26(18)38-28-21-13-5-6-14-22(21)30(35-28)40-32-24-16-8-7-15-23(24)31(36-32)39-29-20-12-4-3-11-19(20)27(34-29)37-25;2*1-8-7-5-3-2-4-6-7;2*1-2;;/h2*1-16H;2*2-6H,1H3;2*1-2H3;;/q2*-2;;;;;2*+2.